The second-order valence-corrected chi connectivity index (χ2v) is 7.25. The Hall–Kier alpha value is -0.120. The fourth-order valence-corrected chi connectivity index (χ4v) is 4.34. The molecule has 5 unspecified atom stereocenters. The lowest BCUT2D eigenvalue weighted by atomic mass is 9.87. The number of nitrogens with two attached hydrogens (primary N) is 1. The maximum atomic E-state index is 10.3. The quantitative estimate of drug-likeness (QED) is 0.770. The molecule has 0 aromatic carbocycles. The fraction of sp³-hybridized carbons (Fsp3) is 1.00. The van der Waals surface area contributed by atoms with Gasteiger partial charge in [0.15, 0.2) is 0 Å². The number of hydrogen-bond donors (Lipinski definition) is 2. The highest BCUT2D eigenvalue weighted by atomic mass is 16.3. The highest BCUT2D eigenvalue weighted by molar-refractivity contribution is 5.10. The van der Waals surface area contributed by atoms with Gasteiger partial charge < -0.3 is 10.8 Å². The average molecular weight is 238 g/mol. The van der Waals surface area contributed by atoms with E-state index in [-0.39, 0.29) is 11.5 Å². The van der Waals surface area contributed by atoms with Crippen LogP contribution < -0.4 is 5.73 Å². The summed E-state index contributed by atoms with van der Waals surface area (Å²) in [7, 11) is 0. The minimum absolute atomic E-state index is 0.0419. The summed E-state index contributed by atoms with van der Waals surface area (Å²) < 4.78 is 0. The van der Waals surface area contributed by atoms with E-state index in [2.05, 4.69) is 18.7 Å². The average Bonchev–Trinajstić information content (AvgIpc) is 2.87. The maximum absolute atomic E-state index is 10.3. The van der Waals surface area contributed by atoms with Gasteiger partial charge in [-0.15, -0.1) is 0 Å². The molecule has 3 heteroatoms. The molecule has 2 bridgehead atoms. The molecule has 0 spiro atoms. The van der Waals surface area contributed by atoms with Crippen molar-refractivity contribution in [2.24, 2.45) is 28.9 Å². The lowest BCUT2D eigenvalue weighted by Crippen LogP contribution is -2.42. The number of aliphatic hydroxyl groups is 1. The minimum Gasteiger partial charge on any atom is -0.391 e. The van der Waals surface area contributed by atoms with Crippen molar-refractivity contribution in [3.05, 3.63) is 0 Å². The van der Waals surface area contributed by atoms with E-state index in [1.54, 1.807) is 0 Å². The molecule has 17 heavy (non-hydrogen) atoms. The van der Waals surface area contributed by atoms with Crippen LogP contribution in [0.25, 0.3) is 0 Å². The minimum atomic E-state index is -0.0419. The standard InChI is InChI=1S/C14H26N2O/c1-14(2,8-15)3-4-16-7-10-5-9-6-11(10)12(16)13(9)17/h9-13,17H,3-8,15H2,1-2H3. The van der Waals surface area contributed by atoms with Gasteiger partial charge in [0.05, 0.1) is 6.10 Å². The first-order valence-electron chi connectivity index (χ1n) is 7.14. The first-order chi connectivity index (χ1) is 8.02. The molecule has 5 atom stereocenters. The van der Waals surface area contributed by atoms with Gasteiger partial charge in [-0.25, -0.2) is 0 Å². The lowest BCUT2D eigenvalue weighted by Gasteiger charge is -2.31. The van der Waals surface area contributed by atoms with Crippen LogP contribution in [0, 0.1) is 23.2 Å². The summed E-state index contributed by atoms with van der Waals surface area (Å²) in [6, 6.07) is 0.479. The Bertz CT molecular complexity index is 303. The van der Waals surface area contributed by atoms with Gasteiger partial charge in [-0.1, -0.05) is 13.8 Å². The molecule has 0 amide bonds. The van der Waals surface area contributed by atoms with Crippen molar-refractivity contribution in [2.45, 2.75) is 45.3 Å². The zero-order valence-electron chi connectivity index (χ0n) is 11.1. The summed E-state index contributed by atoms with van der Waals surface area (Å²) in [5, 5.41) is 10.3. The Morgan fingerprint density at radius 1 is 1.29 bits per heavy atom. The van der Waals surface area contributed by atoms with Crippen LogP contribution in [0.5, 0.6) is 0 Å². The Morgan fingerprint density at radius 3 is 2.71 bits per heavy atom. The normalized spacial score (nSPS) is 44.8. The molecule has 2 saturated carbocycles. The van der Waals surface area contributed by atoms with Gasteiger partial charge in [0.25, 0.3) is 0 Å². The summed E-state index contributed by atoms with van der Waals surface area (Å²) in [4.78, 5) is 2.56. The van der Waals surface area contributed by atoms with Crippen LogP contribution in [0.4, 0.5) is 0 Å². The Morgan fingerprint density at radius 2 is 2.06 bits per heavy atom. The molecular weight excluding hydrogens is 212 g/mol. The SMILES string of the molecule is CC(C)(CN)CCN1CC2CC3CC2C1C3O. The van der Waals surface area contributed by atoms with E-state index >= 15 is 0 Å². The largest absolute Gasteiger partial charge is 0.391 e. The zero-order valence-corrected chi connectivity index (χ0v) is 11.1. The highest BCUT2D eigenvalue weighted by Crippen LogP contribution is 2.54. The van der Waals surface area contributed by atoms with E-state index in [0.29, 0.717) is 12.0 Å². The Kier molecular flexibility index (Phi) is 2.77. The monoisotopic (exact) mass is 238 g/mol. The van der Waals surface area contributed by atoms with Gasteiger partial charge in [0, 0.05) is 12.6 Å². The number of hydrogen-bond acceptors (Lipinski definition) is 3. The third-order valence-corrected chi connectivity index (χ3v) is 5.58. The molecule has 2 aliphatic carbocycles. The van der Waals surface area contributed by atoms with Gasteiger partial charge in [0.2, 0.25) is 0 Å². The van der Waals surface area contributed by atoms with Crippen LogP contribution in [0.2, 0.25) is 0 Å². The van der Waals surface area contributed by atoms with Crippen LogP contribution in [-0.2, 0) is 0 Å². The third-order valence-electron chi connectivity index (χ3n) is 5.58. The van der Waals surface area contributed by atoms with Crippen molar-refractivity contribution in [2.75, 3.05) is 19.6 Å². The van der Waals surface area contributed by atoms with E-state index in [9.17, 15) is 5.11 Å². The van der Waals surface area contributed by atoms with Gasteiger partial charge >= 0.3 is 0 Å². The molecule has 0 aromatic rings. The van der Waals surface area contributed by atoms with E-state index < -0.39 is 0 Å². The van der Waals surface area contributed by atoms with Crippen LogP contribution in [0.3, 0.4) is 0 Å². The zero-order chi connectivity index (χ0) is 12.2. The van der Waals surface area contributed by atoms with E-state index in [1.165, 1.54) is 19.4 Å². The van der Waals surface area contributed by atoms with Crippen LogP contribution >= 0.6 is 0 Å². The van der Waals surface area contributed by atoms with E-state index in [0.717, 1.165) is 31.3 Å². The summed E-state index contributed by atoms with van der Waals surface area (Å²) in [5.41, 5.74) is 6.03. The van der Waals surface area contributed by atoms with Crippen LogP contribution in [0.15, 0.2) is 0 Å². The third kappa shape index (κ3) is 1.83. The van der Waals surface area contributed by atoms with Crippen molar-refractivity contribution in [1.82, 2.24) is 4.90 Å². The molecule has 3 nitrogen and oxygen atoms in total. The Labute approximate surface area is 104 Å². The maximum Gasteiger partial charge on any atom is 0.0726 e. The highest BCUT2D eigenvalue weighted by Gasteiger charge is 2.58. The molecular formula is C14H26N2O. The summed E-state index contributed by atoms with van der Waals surface area (Å²) >= 11 is 0. The molecule has 0 aromatic heterocycles. The van der Waals surface area contributed by atoms with Gasteiger partial charge in [-0.3, -0.25) is 4.90 Å². The second-order valence-electron chi connectivity index (χ2n) is 7.25. The van der Waals surface area contributed by atoms with Crippen LogP contribution in [-0.4, -0.2) is 41.8 Å². The molecule has 1 heterocycles. The molecule has 0 radical (unpaired) electrons. The number of nitrogens with zero attached hydrogens (tertiary/aromatic N) is 1. The molecule has 1 saturated heterocycles. The topological polar surface area (TPSA) is 49.5 Å². The lowest BCUT2D eigenvalue weighted by molar-refractivity contribution is 0.0472. The molecule has 3 aliphatic rings. The molecule has 3 N–H and O–H groups in total. The first kappa shape index (κ1) is 11.9. The van der Waals surface area contributed by atoms with Crippen molar-refractivity contribution >= 4 is 0 Å². The Balaban J connectivity index is 1.63. The summed E-state index contributed by atoms with van der Waals surface area (Å²) in [6.45, 7) is 7.58. The first-order valence-corrected chi connectivity index (χ1v) is 7.14. The summed E-state index contributed by atoms with van der Waals surface area (Å²) in [5.74, 6) is 2.30. The molecule has 1 aliphatic heterocycles. The predicted molar refractivity (Wildman–Crippen MR) is 68.5 cm³/mol. The second kappa shape index (κ2) is 3.94. The fourth-order valence-electron chi connectivity index (χ4n) is 4.34. The summed E-state index contributed by atoms with van der Waals surface area (Å²) in [6.07, 6.45) is 3.67. The number of rotatable bonds is 4. The predicted octanol–water partition coefficient (Wildman–Crippen LogP) is 1.06. The van der Waals surface area contributed by atoms with E-state index in [1.807, 2.05) is 0 Å². The number of likely N-dealkylation sites (tertiary alicyclic amines) is 1. The molecule has 3 rings (SSSR count). The number of aliphatic hydroxyl groups excluding tert-OH is 1. The number of fused-ring (bicyclic) bond motifs is 1. The van der Waals surface area contributed by atoms with Gasteiger partial charge in [-0.2, -0.15) is 0 Å². The van der Waals surface area contributed by atoms with Crippen molar-refractivity contribution < 1.29 is 5.11 Å². The van der Waals surface area contributed by atoms with Gasteiger partial charge in [-0.05, 0) is 55.5 Å². The van der Waals surface area contributed by atoms with Crippen molar-refractivity contribution in [3.63, 3.8) is 0 Å². The van der Waals surface area contributed by atoms with Gasteiger partial charge in [0.1, 0.15) is 0 Å². The molecule has 98 valence electrons. The van der Waals surface area contributed by atoms with Crippen molar-refractivity contribution in [1.29, 1.82) is 0 Å². The molecule has 3 fully saturated rings. The van der Waals surface area contributed by atoms with E-state index in [4.69, 9.17) is 5.73 Å². The van der Waals surface area contributed by atoms with Crippen molar-refractivity contribution in [3.8, 4) is 0 Å². The smallest absolute Gasteiger partial charge is 0.0726 e. The van der Waals surface area contributed by atoms with Crippen LogP contribution in [0.1, 0.15) is 33.1 Å².